The zero-order valence-corrected chi connectivity index (χ0v) is 7.61. The molecule has 0 radical (unpaired) electrons. The molecule has 0 saturated heterocycles. The molecule has 0 bridgehead atoms. The Morgan fingerprint density at radius 3 is 2.45 bits per heavy atom. The largest absolute Gasteiger partial charge is 0.359 e. The van der Waals surface area contributed by atoms with Crippen molar-refractivity contribution in [1.82, 2.24) is 5.32 Å². The van der Waals surface area contributed by atoms with Crippen LogP contribution in [0.5, 0.6) is 0 Å². The summed E-state index contributed by atoms with van der Waals surface area (Å²) < 4.78 is 0. The molecule has 0 rings (SSSR count). The number of nitrogens with two attached hydrogens (primary N) is 1. The second-order valence-electron chi connectivity index (χ2n) is 3.54. The summed E-state index contributed by atoms with van der Waals surface area (Å²) in [5, 5.41) is 2.58. The van der Waals surface area contributed by atoms with Gasteiger partial charge in [-0.05, 0) is 18.4 Å². The SMILES string of the molecule is CNC(=O)CCC(C)(C)CN. The van der Waals surface area contributed by atoms with Crippen LogP contribution in [0.1, 0.15) is 26.7 Å². The Bertz CT molecular complexity index is 132. The molecule has 3 N–H and O–H groups in total. The maximum Gasteiger partial charge on any atom is 0.219 e. The summed E-state index contributed by atoms with van der Waals surface area (Å²) in [6.45, 7) is 4.76. The Labute approximate surface area is 68.3 Å². The maximum atomic E-state index is 10.8. The third-order valence-corrected chi connectivity index (χ3v) is 1.86. The number of rotatable bonds is 4. The van der Waals surface area contributed by atoms with Gasteiger partial charge in [0.1, 0.15) is 0 Å². The molecular weight excluding hydrogens is 140 g/mol. The van der Waals surface area contributed by atoms with E-state index in [4.69, 9.17) is 5.73 Å². The number of carbonyl (C=O) groups is 1. The number of nitrogens with one attached hydrogen (secondary N) is 1. The summed E-state index contributed by atoms with van der Waals surface area (Å²) in [7, 11) is 1.65. The van der Waals surface area contributed by atoms with Crippen molar-refractivity contribution >= 4 is 5.91 Å². The zero-order valence-electron chi connectivity index (χ0n) is 7.61. The highest BCUT2D eigenvalue weighted by molar-refractivity contribution is 5.75. The summed E-state index contributed by atoms with van der Waals surface area (Å²) >= 11 is 0. The Hall–Kier alpha value is -0.570. The van der Waals surface area contributed by atoms with Crippen LogP contribution in [0.3, 0.4) is 0 Å². The van der Waals surface area contributed by atoms with Crippen molar-refractivity contribution in [2.24, 2.45) is 11.1 Å². The van der Waals surface area contributed by atoms with Gasteiger partial charge in [-0.3, -0.25) is 4.79 Å². The molecule has 11 heavy (non-hydrogen) atoms. The van der Waals surface area contributed by atoms with Gasteiger partial charge in [-0.1, -0.05) is 13.8 Å². The predicted molar refractivity (Wildman–Crippen MR) is 46.1 cm³/mol. The second kappa shape index (κ2) is 4.34. The van der Waals surface area contributed by atoms with Gasteiger partial charge in [-0.25, -0.2) is 0 Å². The fraction of sp³-hybridized carbons (Fsp3) is 0.875. The monoisotopic (exact) mass is 158 g/mol. The third kappa shape index (κ3) is 4.79. The number of hydrogen-bond donors (Lipinski definition) is 2. The van der Waals surface area contributed by atoms with Crippen molar-refractivity contribution in [3.8, 4) is 0 Å². The van der Waals surface area contributed by atoms with Gasteiger partial charge in [0, 0.05) is 13.5 Å². The highest BCUT2D eigenvalue weighted by atomic mass is 16.1. The van der Waals surface area contributed by atoms with E-state index >= 15 is 0 Å². The van der Waals surface area contributed by atoms with Crippen LogP contribution in [0.25, 0.3) is 0 Å². The first-order valence-electron chi connectivity index (χ1n) is 3.92. The van der Waals surface area contributed by atoms with Crippen LogP contribution in [0.15, 0.2) is 0 Å². The summed E-state index contributed by atoms with van der Waals surface area (Å²) in [5.41, 5.74) is 5.59. The molecule has 0 aliphatic carbocycles. The minimum absolute atomic E-state index is 0.0894. The van der Waals surface area contributed by atoms with Gasteiger partial charge < -0.3 is 11.1 Å². The van der Waals surface area contributed by atoms with Crippen molar-refractivity contribution < 1.29 is 4.79 Å². The van der Waals surface area contributed by atoms with E-state index < -0.39 is 0 Å². The molecule has 0 saturated carbocycles. The van der Waals surface area contributed by atoms with Crippen LogP contribution in [0.2, 0.25) is 0 Å². The van der Waals surface area contributed by atoms with Gasteiger partial charge in [-0.15, -0.1) is 0 Å². The normalized spacial score (nSPS) is 11.3. The van der Waals surface area contributed by atoms with Crippen molar-refractivity contribution in [1.29, 1.82) is 0 Å². The van der Waals surface area contributed by atoms with Crippen molar-refractivity contribution in [3.63, 3.8) is 0 Å². The first-order chi connectivity index (χ1) is 5.02. The van der Waals surface area contributed by atoms with Crippen molar-refractivity contribution in [3.05, 3.63) is 0 Å². The number of hydrogen-bond acceptors (Lipinski definition) is 2. The molecule has 3 nitrogen and oxygen atoms in total. The molecule has 0 aliphatic rings. The van der Waals surface area contributed by atoms with E-state index in [2.05, 4.69) is 19.2 Å². The quantitative estimate of drug-likeness (QED) is 0.626. The predicted octanol–water partition coefficient (Wildman–Crippen LogP) is 0.497. The molecule has 0 fully saturated rings. The van der Waals surface area contributed by atoms with Gasteiger partial charge in [0.25, 0.3) is 0 Å². The molecular formula is C8H18N2O. The standard InChI is InChI=1S/C8H18N2O/c1-8(2,6-9)5-4-7(11)10-3/h4-6,9H2,1-3H3,(H,10,11). The van der Waals surface area contributed by atoms with Crippen LogP contribution in [0, 0.1) is 5.41 Å². The van der Waals surface area contributed by atoms with E-state index in [1.54, 1.807) is 7.05 Å². The fourth-order valence-electron chi connectivity index (χ4n) is 0.679. The Morgan fingerprint density at radius 2 is 2.09 bits per heavy atom. The van der Waals surface area contributed by atoms with Gasteiger partial charge >= 0.3 is 0 Å². The van der Waals surface area contributed by atoms with Crippen LogP contribution < -0.4 is 11.1 Å². The zero-order chi connectivity index (χ0) is 8.91. The summed E-state index contributed by atoms with van der Waals surface area (Å²) in [4.78, 5) is 10.8. The highest BCUT2D eigenvalue weighted by Crippen LogP contribution is 2.19. The average Bonchev–Trinajstić information content (AvgIpc) is 2.00. The Morgan fingerprint density at radius 1 is 1.55 bits per heavy atom. The van der Waals surface area contributed by atoms with Gasteiger partial charge in [-0.2, -0.15) is 0 Å². The summed E-state index contributed by atoms with van der Waals surface area (Å²) in [5.74, 6) is 0.0894. The Kier molecular flexibility index (Phi) is 4.11. The van der Waals surface area contributed by atoms with E-state index in [-0.39, 0.29) is 11.3 Å². The van der Waals surface area contributed by atoms with Crippen LogP contribution in [0.4, 0.5) is 0 Å². The molecule has 0 aromatic heterocycles. The topological polar surface area (TPSA) is 55.1 Å². The lowest BCUT2D eigenvalue weighted by Crippen LogP contribution is -2.26. The van der Waals surface area contributed by atoms with Gasteiger partial charge in [0.05, 0.1) is 0 Å². The molecule has 0 aliphatic heterocycles. The lowest BCUT2D eigenvalue weighted by Gasteiger charge is -2.21. The fourth-order valence-corrected chi connectivity index (χ4v) is 0.679. The second-order valence-corrected chi connectivity index (χ2v) is 3.54. The lowest BCUT2D eigenvalue weighted by atomic mass is 9.88. The van der Waals surface area contributed by atoms with Crippen LogP contribution in [-0.4, -0.2) is 19.5 Å². The number of amides is 1. The number of carbonyl (C=O) groups excluding carboxylic acids is 1. The van der Waals surface area contributed by atoms with Crippen molar-refractivity contribution in [2.75, 3.05) is 13.6 Å². The van der Waals surface area contributed by atoms with E-state index in [9.17, 15) is 4.79 Å². The molecule has 66 valence electrons. The summed E-state index contributed by atoms with van der Waals surface area (Å²) in [6, 6.07) is 0. The highest BCUT2D eigenvalue weighted by Gasteiger charge is 2.16. The van der Waals surface area contributed by atoms with Crippen LogP contribution >= 0.6 is 0 Å². The minimum atomic E-state index is 0.0894. The van der Waals surface area contributed by atoms with Gasteiger partial charge in [0.2, 0.25) is 5.91 Å². The van der Waals surface area contributed by atoms with Crippen LogP contribution in [-0.2, 0) is 4.79 Å². The maximum absolute atomic E-state index is 10.8. The Balaban J connectivity index is 3.61. The molecule has 0 atom stereocenters. The van der Waals surface area contributed by atoms with E-state index in [1.165, 1.54) is 0 Å². The van der Waals surface area contributed by atoms with E-state index in [0.717, 1.165) is 6.42 Å². The molecule has 0 heterocycles. The molecule has 1 amide bonds. The molecule has 3 heteroatoms. The first kappa shape index (κ1) is 10.4. The minimum Gasteiger partial charge on any atom is -0.359 e. The van der Waals surface area contributed by atoms with Gasteiger partial charge in [0.15, 0.2) is 0 Å². The van der Waals surface area contributed by atoms with Crippen molar-refractivity contribution in [2.45, 2.75) is 26.7 Å². The van der Waals surface area contributed by atoms with E-state index in [1.807, 2.05) is 0 Å². The molecule has 0 unspecified atom stereocenters. The summed E-state index contributed by atoms with van der Waals surface area (Å²) in [6.07, 6.45) is 1.42. The lowest BCUT2D eigenvalue weighted by molar-refractivity contribution is -0.121. The average molecular weight is 158 g/mol. The molecule has 0 aromatic carbocycles. The van der Waals surface area contributed by atoms with E-state index in [0.29, 0.717) is 13.0 Å². The first-order valence-corrected chi connectivity index (χ1v) is 3.92. The molecule has 0 aromatic rings. The smallest absolute Gasteiger partial charge is 0.219 e. The molecule has 0 spiro atoms. The third-order valence-electron chi connectivity index (χ3n) is 1.86.